The first-order valence-electron chi connectivity index (χ1n) is 10.9. The van der Waals surface area contributed by atoms with Crippen LogP contribution in [0.2, 0.25) is 0 Å². The minimum atomic E-state index is -0.977. The van der Waals surface area contributed by atoms with Crippen molar-refractivity contribution < 1.29 is 18.8 Å². The molecule has 5 aromatic rings. The third kappa shape index (κ3) is 4.15. The predicted octanol–water partition coefficient (Wildman–Crippen LogP) is 5.99. The molecule has 1 unspecified atom stereocenters. The fourth-order valence-electron chi connectivity index (χ4n) is 3.82. The first-order valence-corrected chi connectivity index (χ1v) is 11.7. The van der Waals surface area contributed by atoms with Crippen LogP contribution in [0.1, 0.15) is 29.5 Å². The number of aryl methyl sites for hydroxylation is 1. The molecular formula is C26H21N3O4S. The SMILES string of the molecule is CCC(OC(=O)c1cccc2cccc(-c3nc4ccccc4s3)c12)C(=O)Nc1cc(C)on1. The molecule has 0 fully saturated rings. The Morgan fingerprint density at radius 3 is 2.62 bits per heavy atom. The van der Waals surface area contributed by atoms with Crippen LogP contribution in [0.3, 0.4) is 0 Å². The van der Waals surface area contributed by atoms with Gasteiger partial charge < -0.3 is 14.6 Å². The zero-order valence-electron chi connectivity index (χ0n) is 18.6. The van der Waals surface area contributed by atoms with Crippen LogP contribution in [0, 0.1) is 6.92 Å². The number of hydrogen-bond acceptors (Lipinski definition) is 7. The van der Waals surface area contributed by atoms with Gasteiger partial charge in [-0.2, -0.15) is 0 Å². The Balaban J connectivity index is 1.49. The van der Waals surface area contributed by atoms with E-state index in [9.17, 15) is 9.59 Å². The minimum Gasteiger partial charge on any atom is -0.449 e. The topological polar surface area (TPSA) is 94.3 Å². The molecule has 1 atom stereocenters. The van der Waals surface area contributed by atoms with Crippen molar-refractivity contribution in [3.8, 4) is 10.6 Å². The number of amides is 1. The number of nitrogens with one attached hydrogen (secondary N) is 1. The summed E-state index contributed by atoms with van der Waals surface area (Å²) in [6, 6.07) is 20.8. The van der Waals surface area contributed by atoms with E-state index in [1.807, 2.05) is 48.5 Å². The van der Waals surface area contributed by atoms with E-state index >= 15 is 0 Å². The van der Waals surface area contributed by atoms with Gasteiger partial charge in [0.25, 0.3) is 5.91 Å². The number of ether oxygens (including phenoxy) is 1. The minimum absolute atomic E-state index is 0.278. The van der Waals surface area contributed by atoms with Crippen LogP contribution in [-0.2, 0) is 9.53 Å². The molecule has 1 N–H and O–H groups in total. The Labute approximate surface area is 199 Å². The monoisotopic (exact) mass is 471 g/mol. The summed E-state index contributed by atoms with van der Waals surface area (Å²) < 4.78 is 11.7. The van der Waals surface area contributed by atoms with Crippen molar-refractivity contribution in [1.29, 1.82) is 0 Å². The van der Waals surface area contributed by atoms with E-state index < -0.39 is 18.0 Å². The maximum atomic E-state index is 13.3. The Morgan fingerprint density at radius 1 is 1.09 bits per heavy atom. The standard InChI is InChI=1S/C26H21N3O4S/c1-3-20(24(30)28-22-14-15(2)33-29-22)32-26(31)18-11-7-9-16-8-6-10-17(23(16)18)25-27-19-12-4-5-13-21(19)34-25/h4-14,20H,3H2,1-2H3,(H,28,29,30). The normalized spacial score (nSPS) is 12.1. The third-order valence-electron chi connectivity index (χ3n) is 5.44. The van der Waals surface area contributed by atoms with Crippen molar-refractivity contribution in [3.63, 3.8) is 0 Å². The lowest BCUT2D eigenvalue weighted by molar-refractivity contribution is -0.124. The quantitative estimate of drug-likeness (QED) is 0.306. The fraction of sp³-hybridized carbons (Fsp3) is 0.154. The molecule has 2 heterocycles. The van der Waals surface area contributed by atoms with E-state index in [1.54, 1.807) is 43.4 Å². The summed E-state index contributed by atoms with van der Waals surface area (Å²) in [6.45, 7) is 3.50. The molecule has 3 aromatic carbocycles. The molecule has 0 radical (unpaired) electrons. The van der Waals surface area contributed by atoms with Gasteiger partial charge >= 0.3 is 5.97 Å². The highest BCUT2D eigenvalue weighted by Crippen LogP contribution is 2.36. The van der Waals surface area contributed by atoms with Crippen molar-refractivity contribution >= 4 is 50.0 Å². The smallest absolute Gasteiger partial charge is 0.339 e. The van der Waals surface area contributed by atoms with Gasteiger partial charge in [0, 0.05) is 17.0 Å². The number of rotatable bonds is 6. The molecule has 1 amide bonds. The summed E-state index contributed by atoms with van der Waals surface area (Å²) in [5.41, 5.74) is 2.14. The van der Waals surface area contributed by atoms with Crippen molar-refractivity contribution in [1.82, 2.24) is 10.1 Å². The van der Waals surface area contributed by atoms with Crippen LogP contribution in [0.5, 0.6) is 0 Å². The molecule has 0 saturated heterocycles. The average Bonchev–Trinajstić information content (AvgIpc) is 3.47. The largest absolute Gasteiger partial charge is 0.449 e. The molecule has 0 aliphatic heterocycles. The first kappa shape index (κ1) is 21.8. The van der Waals surface area contributed by atoms with Gasteiger partial charge in [0.2, 0.25) is 0 Å². The second kappa shape index (κ2) is 9.07. The summed E-state index contributed by atoms with van der Waals surface area (Å²) in [6.07, 6.45) is -0.668. The number of carbonyl (C=O) groups excluding carboxylic acids is 2. The summed E-state index contributed by atoms with van der Waals surface area (Å²) in [5.74, 6) is -0.188. The molecule has 7 nitrogen and oxygen atoms in total. The zero-order chi connectivity index (χ0) is 23.7. The Hall–Kier alpha value is -4.04. The number of fused-ring (bicyclic) bond motifs is 2. The summed E-state index contributed by atoms with van der Waals surface area (Å²) in [5, 5.41) is 8.85. The van der Waals surface area contributed by atoms with Crippen LogP contribution in [0.15, 0.2) is 71.3 Å². The van der Waals surface area contributed by atoms with Gasteiger partial charge in [-0.25, -0.2) is 9.78 Å². The van der Waals surface area contributed by atoms with Crippen molar-refractivity contribution in [2.24, 2.45) is 0 Å². The lowest BCUT2D eigenvalue weighted by atomic mass is 9.99. The molecule has 0 spiro atoms. The van der Waals surface area contributed by atoms with E-state index in [1.165, 1.54) is 0 Å². The van der Waals surface area contributed by atoms with E-state index in [0.29, 0.717) is 17.7 Å². The molecule has 0 aliphatic rings. The zero-order valence-corrected chi connectivity index (χ0v) is 19.4. The van der Waals surface area contributed by atoms with Crippen LogP contribution in [0.25, 0.3) is 31.6 Å². The Kier molecular flexibility index (Phi) is 5.81. The number of anilines is 1. The summed E-state index contributed by atoms with van der Waals surface area (Å²) >= 11 is 1.57. The van der Waals surface area contributed by atoms with E-state index in [4.69, 9.17) is 14.2 Å². The van der Waals surface area contributed by atoms with Gasteiger partial charge in [-0.15, -0.1) is 11.3 Å². The van der Waals surface area contributed by atoms with Crippen LogP contribution < -0.4 is 5.32 Å². The molecule has 8 heteroatoms. The highest BCUT2D eigenvalue weighted by molar-refractivity contribution is 7.21. The lowest BCUT2D eigenvalue weighted by Crippen LogP contribution is -2.32. The molecule has 0 aliphatic carbocycles. The second-order valence-corrected chi connectivity index (χ2v) is 8.84. The maximum absolute atomic E-state index is 13.3. The molecule has 170 valence electrons. The fourth-order valence-corrected chi connectivity index (χ4v) is 4.82. The number of benzene rings is 3. The van der Waals surface area contributed by atoms with E-state index in [0.717, 1.165) is 31.6 Å². The van der Waals surface area contributed by atoms with Crippen LogP contribution >= 0.6 is 11.3 Å². The maximum Gasteiger partial charge on any atom is 0.339 e. The van der Waals surface area contributed by atoms with E-state index in [2.05, 4.69) is 10.5 Å². The van der Waals surface area contributed by atoms with Gasteiger partial charge in [0.05, 0.1) is 15.8 Å². The number of hydrogen-bond donors (Lipinski definition) is 1. The number of carbonyl (C=O) groups is 2. The van der Waals surface area contributed by atoms with Crippen molar-refractivity contribution in [2.45, 2.75) is 26.4 Å². The van der Waals surface area contributed by atoms with Crippen molar-refractivity contribution in [2.75, 3.05) is 5.32 Å². The molecule has 0 saturated carbocycles. The van der Waals surface area contributed by atoms with Gasteiger partial charge in [0.15, 0.2) is 11.9 Å². The third-order valence-corrected chi connectivity index (χ3v) is 6.51. The molecule has 0 bridgehead atoms. The second-order valence-electron chi connectivity index (χ2n) is 7.81. The molecule has 2 aromatic heterocycles. The number of thiazole rings is 1. The number of nitrogens with zero attached hydrogens (tertiary/aromatic N) is 2. The highest BCUT2D eigenvalue weighted by Gasteiger charge is 2.25. The average molecular weight is 472 g/mol. The number of aromatic nitrogens is 2. The highest BCUT2D eigenvalue weighted by atomic mass is 32.1. The van der Waals surface area contributed by atoms with Crippen LogP contribution in [-0.4, -0.2) is 28.1 Å². The molecule has 5 rings (SSSR count). The van der Waals surface area contributed by atoms with Gasteiger partial charge in [-0.3, -0.25) is 4.79 Å². The Morgan fingerprint density at radius 2 is 1.88 bits per heavy atom. The van der Waals surface area contributed by atoms with Gasteiger partial charge in [0.1, 0.15) is 10.8 Å². The summed E-state index contributed by atoms with van der Waals surface area (Å²) in [4.78, 5) is 30.8. The lowest BCUT2D eigenvalue weighted by Gasteiger charge is -2.16. The molecular weight excluding hydrogens is 450 g/mol. The van der Waals surface area contributed by atoms with Crippen molar-refractivity contribution in [3.05, 3.63) is 78.1 Å². The number of para-hydroxylation sites is 1. The van der Waals surface area contributed by atoms with Gasteiger partial charge in [-0.05, 0) is 36.9 Å². The summed E-state index contributed by atoms with van der Waals surface area (Å²) in [7, 11) is 0. The van der Waals surface area contributed by atoms with Crippen LogP contribution in [0.4, 0.5) is 5.82 Å². The number of esters is 1. The Bertz CT molecular complexity index is 1480. The van der Waals surface area contributed by atoms with Gasteiger partial charge in [-0.1, -0.05) is 54.5 Å². The molecule has 34 heavy (non-hydrogen) atoms. The predicted molar refractivity (Wildman–Crippen MR) is 132 cm³/mol. The van der Waals surface area contributed by atoms with E-state index in [-0.39, 0.29) is 5.82 Å². The first-order chi connectivity index (χ1) is 16.5.